The van der Waals surface area contributed by atoms with Gasteiger partial charge >= 0.3 is 0 Å². The monoisotopic (exact) mass is 162 g/mol. The van der Waals surface area contributed by atoms with Crippen molar-refractivity contribution < 1.29 is 4.57 Å². The van der Waals surface area contributed by atoms with Crippen molar-refractivity contribution in [2.75, 3.05) is 12.8 Å². The molecule has 0 radical (unpaired) electrons. The van der Waals surface area contributed by atoms with E-state index in [4.69, 9.17) is 0 Å². The summed E-state index contributed by atoms with van der Waals surface area (Å²) in [6.07, 6.45) is 1.92. The molecule has 0 amide bonds. The molecule has 0 spiro atoms. The second kappa shape index (κ2) is 3.09. The third-order valence-electron chi connectivity index (χ3n) is 2.07. The Labute approximate surface area is 64.6 Å². The molecule has 0 aliphatic heterocycles. The first-order valence-electron chi connectivity index (χ1n) is 3.88. The first kappa shape index (κ1) is 10.2. The van der Waals surface area contributed by atoms with E-state index in [0.29, 0.717) is 0 Å². The number of hydrogen-bond donors (Lipinski definition) is 0. The average Bonchev–Trinajstić information content (AvgIpc) is 1.61. The van der Waals surface area contributed by atoms with Crippen LogP contribution in [0.3, 0.4) is 0 Å². The van der Waals surface area contributed by atoms with Gasteiger partial charge in [-0.25, -0.2) is 0 Å². The van der Waals surface area contributed by atoms with Gasteiger partial charge in [-0.3, -0.25) is 0 Å². The minimum atomic E-state index is -1.88. The van der Waals surface area contributed by atoms with Crippen LogP contribution in [0.2, 0.25) is 0 Å². The van der Waals surface area contributed by atoms with Crippen molar-refractivity contribution >= 4 is 7.14 Å². The zero-order chi connectivity index (χ0) is 8.41. The molecule has 2 heteroatoms. The van der Waals surface area contributed by atoms with Crippen LogP contribution in [0.4, 0.5) is 0 Å². The highest BCUT2D eigenvalue weighted by Gasteiger charge is 2.29. The van der Waals surface area contributed by atoms with Crippen LogP contribution in [0.15, 0.2) is 0 Å². The normalized spacial score (nSPS) is 18.5. The van der Waals surface area contributed by atoms with E-state index in [-0.39, 0.29) is 5.16 Å². The maximum absolute atomic E-state index is 11.8. The lowest BCUT2D eigenvalue weighted by Gasteiger charge is -2.27. The van der Waals surface area contributed by atoms with Gasteiger partial charge in [0.15, 0.2) is 0 Å². The van der Waals surface area contributed by atoms with Gasteiger partial charge in [0.1, 0.15) is 0 Å². The van der Waals surface area contributed by atoms with Crippen LogP contribution in [0, 0.1) is 0 Å². The summed E-state index contributed by atoms with van der Waals surface area (Å²) in [5.74, 6) is 0. The molecule has 0 heterocycles. The Morgan fingerprint density at radius 3 is 1.80 bits per heavy atom. The third-order valence-corrected chi connectivity index (χ3v) is 6.21. The minimum absolute atomic E-state index is 0.00299. The molecule has 0 saturated carbocycles. The predicted molar refractivity (Wildman–Crippen MR) is 48.4 cm³/mol. The Balaban J connectivity index is 4.26. The topological polar surface area (TPSA) is 17.1 Å². The summed E-state index contributed by atoms with van der Waals surface area (Å²) >= 11 is 0. The van der Waals surface area contributed by atoms with Gasteiger partial charge in [0.05, 0.1) is 7.14 Å². The van der Waals surface area contributed by atoms with Crippen molar-refractivity contribution in [3.8, 4) is 0 Å². The molecule has 0 saturated heterocycles. The first-order chi connectivity index (χ1) is 4.31. The van der Waals surface area contributed by atoms with Gasteiger partial charge in [-0.15, -0.1) is 0 Å². The van der Waals surface area contributed by atoms with Gasteiger partial charge in [-0.05, 0) is 13.1 Å². The molecular weight excluding hydrogens is 143 g/mol. The Morgan fingerprint density at radius 2 is 1.70 bits per heavy atom. The lowest BCUT2D eigenvalue weighted by Crippen LogP contribution is -2.15. The maximum atomic E-state index is 11.8. The molecule has 0 aromatic carbocycles. The Morgan fingerprint density at radius 1 is 1.30 bits per heavy atom. The van der Waals surface area contributed by atoms with Crippen molar-refractivity contribution in [3.63, 3.8) is 0 Å². The van der Waals surface area contributed by atoms with Crippen molar-refractivity contribution in [1.82, 2.24) is 0 Å². The molecule has 1 atom stereocenters. The highest BCUT2D eigenvalue weighted by atomic mass is 31.2. The summed E-state index contributed by atoms with van der Waals surface area (Å²) in [5.41, 5.74) is 0. The van der Waals surface area contributed by atoms with Gasteiger partial charge in [0.25, 0.3) is 0 Å². The predicted octanol–water partition coefficient (Wildman–Crippen LogP) is 3.19. The van der Waals surface area contributed by atoms with Gasteiger partial charge in [-0.1, -0.05) is 27.7 Å². The second-order valence-corrected chi connectivity index (χ2v) is 7.99. The molecule has 1 nitrogen and oxygen atoms in total. The Bertz CT molecular complexity index is 144. The van der Waals surface area contributed by atoms with E-state index in [1.165, 1.54) is 0 Å². The molecule has 10 heavy (non-hydrogen) atoms. The van der Waals surface area contributed by atoms with Crippen LogP contribution in [0.1, 0.15) is 34.1 Å². The zero-order valence-electron chi connectivity index (χ0n) is 7.77. The largest absolute Gasteiger partial charge is 0.323 e. The second-order valence-electron chi connectivity index (χ2n) is 4.00. The van der Waals surface area contributed by atoms with Crippen LogP contribution in [0.25, 0.3) is 0 Å². The minimum Gasteiger partial charge on any atom is -0.323 e. The van der Waals surface area contributed by atoms with Gasteiger partial charge in [0, 0.05) is 11.3 Å². The summed E-state index contributed by atoms with van der Waals surface area (Å²) in [6, 6.07) is 0. The lowest BCUT2D eigenvalue weighted by atomic mass is 10.3. The number of rotatable bonds is 2. The Kier molecular flexibility index (Phi) is 3.16. The van der Waals surface area contributed by atoms with Crippen LogP contribution in [-0.2, 0) is 4.57 Å². The van der Waals surface area contributed by atoms with Gasteiger partial charge < -0.3 is 4.57 Å². The van der Waals surface area contributed by atoms with Crippen LogP contribution < -0.4 is 0 Å². The fourth-order valence-electron chi connectivity index (χ4n) is 0.762. The highest BCUT2D eigenvalue weighted by Crippen LogP contribution is 2.54. The maximum Gasteiger partial charge on any atom is 0.0898 e. The third kappa shape index (κ3) is 2.46. The van der Waals surface area contributed by atoms with Crippen molar-refractivity contribution in [2.24, 2.45) is 0 Å². The molecule has 1 unspecified atom stereocenters. The molecule has 0 rings (SSSR count). The summed E-state index contributed by atoms with van der Waals surface area (Å²) in [5, 5.41) is 0.00299. The molecule has 0 aromatic heterocycles. The van der Waals surface area contributed by atoms with Crippen molar-refractivity contribution in [1.29, 1.82) is 0 Å². The summed E-state index contributed by atoms with van der Waals surface area (Å²) in [7, 11) is -1.88. The molecule has 0 aromatic rings. The molecule has 0 aliphatic carbocycles. The molecule has 62 valence electrons. The molecular formula is C8H19OP. The van der Waals surface area contributed by atoms with E-state index in [1.807, 2.05) is 6.66 Å². The fourth-order valence-corrected chi connectivity index (χ4v) is 2.29. The molecule has 0 bridgehead atoms. The van der Waals surface area contributed by atoms with Crippen molar-refractivity contribution in [3.05, 3.63) is 0 Å². The summed E-state index contributed by atoms with van der Waals surface area (Å²) < 4.78 is 11.8. The van der Waals surface area contributed by atoms with E-state index >= 15 is 0 Å². The number of hydrogen-bond acceptors (Lipinski definition) is 1. The van der Waals surface area contributed by atoms with E-state index in [2.05, 4.69) is 27.7 Å². The van der Waals surface area contributed by atoms with Crippen molar-refractivity contribution in [2.45, 2.75) is 39.3 Å². The lowest BCUT2D eigenvalue weighted by molar-refractivity contribution is 0.551. The Hall–Kier alpha value is 0.230. The van der Waals surface area contributed by atoms with E-state index in [0.717, 1.165) is 12.6 Å². The quantitative estimate of drug-likeness (QED) is 0.570. The highest BCUT2D eigenvalue weighted by molar-refractivity contribution is 7.64. The van der Waals surface area contributed by atoms with Gasteiger partial charge in [-0.2, -0.15) is 0 Å². The first-order valence-corrected chi connectivity index (χ1v) is 6.22. The van der Waals surface area contributed by atoms with Crippen LogP contribution >= 0.6 is 7.14 Å². The SMILES string of the molecule is CCCP(C)(=O)C(C)(C)C. The van der Waals surface area contributed by atoms with E-state index in [9.17, 15) is 4.57 Å². The molecule has 0 N–H and O–H groups in total. The summed E-state index contributed by atoms with van der Waals surface area (Å²) in [4.78, 5) is 0. The zero-order valence-corrected chi connectivity index (χ0v) is 8.66. The average molecular weight is 162 g/mol. The standard InChI is InChI=1S/C8H19OP/c1-6-7-10(5,9)8(2,3)4/h6-7H2,1-5H3. The van der Waals surface area contributed by atoms with Crippen LogP contribution in [0.5, 0.6) is 0 Å². The van der Waals surface area contributed by atoms with Gasteiger partial charge in [0.2, 0.25) is 0 Å². The summed E-state index contributed by atoms with van der Waals surface area (Å²) in [6.45, 7) is 10.2. The molecule has 0 aliphatic rings. The smallest absolute Gasteiger partial charge is 0.0898 e. The van der Waals surface area contributed by atoms with E-state index in [1.54, 1.807) is 0 Å². The fraction of sp³-hybridized carbons (Fsp3) is 1.00. The van der Waals surface area contributed by atoms with Crippen LogP contribution in [-0.4, -0.2) is 18.0 Å². The molecule has 0 fully saturated rings. The van der Waals surface area contributed by atoms with E-state index < -0.39 is 7.14 Å².